The molecule has 0 bridgehead atoms. The van der Waals surface area contributed by atoms with Crippen LogP contribution in [0, 0.1) is 0 Å². The van der Waals surface area contributed by atoms with Crippen LogP contribution in [0.1, 0.15) is 12.0 Å². The van der Waals surface area contributed by atoms with Crippen LogP contribution in [0.5, 0.6) is 0 Å². The Morgan fingerprint density at radius 2 is 1.78 bits per heavy atom. The van der Waals surface area contributed by atoms with Crippen LogP contribution in [-0.4, -0.2) is 11.1 Å². The number of carboxylic acid groups (broad SMARTS) is 1. The third kappa shape index (κ3) is 4.15. The smallest absolute Gasteiger partial charge is 0.337 e. The molecule has 0 atom stereocenters. The van der Waals surface area contributed by atoms with Crippen molar-refractivity contribution in [3.05, 3.63) is 114 Å². The molecule has 1 aliphatic carbocycles. The summed E-state index contributed by atoms with van der Waals surface area (Å²) in [7, 11) is 0. The monoisotopic (exact) mass is 355 g/mol. The van der Waals surface area contributed by atoms with E-state index >= 15 is 0 Å². The Kier molecular flexibility index (Phi) is 5.53. The molecule has 0 amide bonds. The quantitative estimate of drug-likeness (QED) is 0.733. The van der Waals surface area contributed by atoms with Gasteiger partial charge in [0.05, 0.1) is 5.57 Å². The maximum Gasteiger partial charge on any atom is 0.337 e. The fourth-order valence-electron chi connectivity index (χ4n) is 3.10. The largest absolute Gasteiger partial charge is 0.478 e. The van der Waals surface area contributed by atoms with Gasteiger partial charge in [-0.2, -0.15) is 0 Å². The van der Waals surface area contributed by atoms with Gasteiger partial charge in [-0.25, -0.2) is 4.79 Å². The highest BCUT2D eigenvalue weighted by Gasteiger charge is 2.16. The van der Waals surface area contributed by atoms with E-state index in [9.17, 15) is 9.90 Å². The van der Waals surface area contributed by atoms with Crippen molar-refractivity contribution < 1.29 is 9.90 Å². The van der Waals surface area contributed by atoms with Crippen LogP contribution in [0.3, 0.4) is 0 Å². The van der Waals surface area contributed by atoms with Crippen molar-refractivity contribution >= 4 is 11.5 Å². The fourth-order valence-corrected chi connectivity index (χ4v) is 3.10. The van der Waals surface area contributed by atoms with Crippen LogP contribution < -0.4 is 5.73 Å². The van der Waals surface area contributed by atoms with Gasteiger partial charge >= 0.3 is 5.97 Å². The molecular weight excluding hydrogens is 334 g/mol. The van der Waals surface area contributed by atoms with Gasteiger partial charge in [0.25, 0.3) is 0 Å². The van der Waals surface area contributed by atoms with Gasteiger partial charge in [-0.05, 0) is 40.3 Å². The van der Waals surface area contributed by atoms with Gasteiger partial charge in [0.2, 0.25) is 0 Å². The van der Waals surface area contributed by atoms with E-state index in [1.807, 2.05) is 42.5 Å². The van der Waals surface area contributed by atoms with E-state index in [1.165, 1.54) is 0 Å². The first-order valence-corrected chi connectivity index (χ1v) is 8.69. The van der Waals surface area contributed by atoms with E-state index in [0.29, 0.717) is 12.1 Å². The number of hydrogen-bond acceptors (Lipinski definition) is 2. The highest BCUT2D eigenvalue weighted by Crippen LogP contribution is 2.31. The lowest BCUT2D eigenvalue weighted by Gasteiger charge is -2.14. The van der Waals surface area contributed by atoms with Crippen molar-refractivity contribution in [1.82, 2.24) is 0 Å². The second-order valence-electron chi connectivity index (χ2n) is 6.22. The highest BCUT2D eigenvalue weighted by atomic mass is 16.4. The Morgan fingerprint density at radius 1 is 1.07 bits per heavy atom. The first-order chi connectivity index (χ1) is 13.1. The van der Waals surface area contributed by atoms with E-state index in [0.717, 1.165) is 27.8 Å². The minimum absolute atomic E-state index is 0.127. The number of carboxylic acids is 1. The number of aliphatic carboxylic acids is 1. The van der Waals surface area contributed by atoms with Gasteiger partial charge in [-0.1, -0.05) is 85.5 Å². The van der Waals surface area contributed by atoms with Gasteiger partial charge in [-0.15, -0.1) is 0 Å². The maximum atomic E-state index is 11.4. The van der Waals surface area contributed by atoms with Crippen LogP contribution in [0.15, 0.2) is 108 Å². The molecule has 3 heteroatoms. The Morgan fingerprint density at radius 3 is 2.48 bits per heavy atom. The topological polar surface area (TPSA) is 63.3 Å². The Labute approximate surface area is 159 Å². The summed E-state index contributed by atoms with van der Waals surface area (Å²) in [5.74, 6) is -1.02. The minimum Gasteiger partial charge on any atom is -0.478 e. The zero-order chi connectivity index (χ0) is 19.2. The van der Waals surface area contributed by atoms with E-state index in [4.69, 9.17) is 5.73 Å². The van der Waals surface area contributed by atoms with Crippen LogP contribution in [0.4, 0.5) is 0 Å². The molecule has 3 N–H and O–H groups in total. The van der Waals surface area contributed by atoms with Gasteiger partial charge in [0, 0.05) is 5.70 Å². The molecule has 0 unspecified atom stereocenters. The van der Waals surface area contributed by atoms with Crippen molar-refractivity contribution in [3.63, 3.8) is 0 Å². The lowest BCUT2D eigenvalue weighted by Crippen LogP contribution is -2.13. The normalized spacial score (nSPS) is 15.9. The van der Waals surface area contributed by atoms with Crippen LogP contribution in [0.2, 0.25) is 0 Å². The zero-order valence-corrected chi connectivity index (χ0v) is 14.9. The Hall–Kier alpha value is -3.59. The summed E-state index contributed by atoms with van der Waals surface area (Å²) in [6, 6.07) is 18.3. The molecule has 0 aliphatic heterocycles. The van der Waals surface area contributed by atoms with Crippen LogP contribution >= 0.6 is 0 Å². The van der Waals surface area contributed by atoms with Crippen molar-refractivity contribution in [2.24, 2.45) is 5.73 Å². The molecule has 134 valence electrons. The molecule has 0 fully saturated rings. The molecule has 0 spiro atoms. The summed E-state index contributed by atoms with van der Waals surface area (Å²) < 4.78 is 0. The predicted octanol–water partition coefficient (Wildman–Crippen LogP) is 5.11. The summed E-state index contributed by atoms with van der Waals surface area (Å²) in [5.41, 5.74) is 11.4. The first kappa shape index (κ1) is 18.2. The summed E-state index contributed by atoms with van der Waals surface area (Å²) in [4.78, 5) is 11.4. The van der Waals surface area contributed by atoms with Gasteiger partial charge in [0.1, 0.15) is 0 Å². The van der Waals surface area contributed by atoms with Crippen molar-refractivity contribution in [2.45, 2.75) is 6.42 Å². The summed E-state index contributed by atoms with van der Waals surface area (Å²) in [5, 5.41) is 9.33. The molecule has 3 rings (SSSR count). The molecule has 0 heterocycles. The molecule has 0 aromatic heterocycles. The maximum absolute atomic E-state index is 11.4. The third-order valence-corrected chi connectivity index (χ3v) is 4.39. The van der Waals surface area contributed by atoms with Crippen molar-refractivity contribution in [1.29, 1.82) is 0 Å². The second-order valence-corrected chi connectivity index (χ2v) is 6.22. The molecule has 1 aliphatic rings. The average molecular weight is 355 g/mol. The molecule has 2 aromatic rings. The molecule has 0 saturated heterocycles. The highest BCUT2D eigenvalue weighted by molar-refractivity contribution is 5.93. The minimum atomic E-state index is -1.02. The number of benzene rings is 2. The van der Waals surface area contributed by atoms with Crippen LogP contribution in [0.25, 0.3) is 16.7 Å². The molecule has 2 aromatic carbocycles. The number of rotatable bonds is 5. The van der Waals surface area contributed by atoms with Gasteiger partial charge in [-0.3, -0.25) is 0 Å². The Balaban J connectivity index is 2.08. The number of nitrogens with two attached hydrogens (primary N) is 1. The third-order valence-electron chi connectivity index (χ3n) is 4.39. The standard InChI is InChI=1S/C24H21NO2/c1-2-8-19(15-17-13-14-23(25)22(16-17)24(26)27)21-12-7-6-11-20(21)18-9-4-3-5-10-18/h2-12,14-16H,1,13,25H2,(H,26,27)/b17-15+,19-8+. The first-order valence-electron chi connectivity index (χ1n) is 8.69. The lowest BCUT2D eigenvalue weighted by atomic mass is 9.91. The summed E-state index contributed by atoms with van der Waals surface area (Å²) in [6.45, 7) is 3.83. The van der Waals surface area contributed by atoms with E-state index in [1.54, 1.807) is 18.2 Å². The van der Waals surface area contributed by atoms with E-state index in [2.05, 4.69) is 30.8 Å². The molecule has 0 radical (unpaired) electrons. The van der Waals surface area contributed by atoms with Crippen molar-refractivity contribution in [3.8, 4) is 11.1 Å². The Bertz CT molecular complexity index is 992. The second kappa shape index (κ2) is 8.19. The molecular formula is C24H21NO2. The number of allylic oxidation sites excluding steroid dienone is 7. The lowest BCUT2D eigenvalue weighted by molar-refractivity contribution is -0.132. The van der Waals surface area contributed by atoms with Gasteiger partial charge in [0.15, 0.2) is 0 Å². The summed E-state index contributed by atoms with van der Waals surface area (Å²) >= 11 is 0. The summed E-state index contributed by atoms with van der Waals surface area (Å²) in [6.07, 6.45) is 9.64. The van der Waals surface area contributed by atoms with Crippen molar-refractivity contribution in [2.75, 3.05) is 0 Å². The molecule has 0 saturated carbocycles. The molecule has 3 nitrogen and oxygen atoms in total. The van der Waals surface area contributed by atoms with Gasteiger partial charge < -0.3 is 10.8 Å². The fraction of sp³-hybridized carbons (Fsp3) is 0.0417. The number of carbonyl (C=O) groups is 1. The zero-order valence-electron chi connectivity index (χ0n) is 14.9. The predicted molar refractivity (Wildman–Crippen MR) is 111 cm³/mol. The average Bonchev–Trinajstić information content (AvgIpc) is 2.69. The molecule has 27 heavy (non-hydrogen) atoms. The van der Waals surface area contributed by atoms with E-state index < -0.39 is 5.97 Å². The number of hydrogen-bond donors (Lipinski definition) is 2. The van der Waals surface area contributed by atoms with E-state index in [-0.39, 0.29) is 5.57 Å². The SMILES string of the molecule is C=C/C=C(\C=C1\C=C(C(=O)O)C(N)=CC1)c1ccccc1-c1ccccc1. The van der Waals surface area contributed by atoms with Crippen LogP contribution in [-0.2, 0) is 4.79 Å².